The minimum absolute atomic E-state index is 0.231. The van der Waals surface area contributed by atoms with Gasteiger partial charge < -0.3 is 14.8 Å². The maximum Gasteiger partial charge on any atom is 0.253 e. The summed E-state index contributed by atoms with van der Waals surface area (Å²) in [5.41, 5.74) is 4.53. The van der Waals surface area contributed by atoms with Crippen LogP contribution in [0.1, 0.15) is 45.5 Å². The number of aryl methyl sites for hydroxylation is 3. The van der Waals surface area contributed by atoms with Crippen molar-refractivity contribution in [3.63, 3.8) is 0 Å². The zero-order valence-electron chi connectivity index (χ0n) is 18.0. The van der Waals surface area contributed by atoms with Crippen LogP contribution in [-0.4, -0.2) is 35.6 Å². The number of carbonyl (C=O) groups is 1. The average molecular weight is 448 g/mol. The van der Waals surface area contributed by atoms with Gasteiger partial charge in [-0.2, -0.15) is 0 Å². The molecule has 32 heavy (non-hydrogen) atoms. The molecule has 0 aromatic carbocycles. The molecule has 9 nitrogen and oxygen atoms in total. The Hall–Kier alpha value is -3.79. The maximum atomic E-state index is 13.2. The summed E-state index contributed by atoms with van der Waals surface area (Å²) in [5, 5.41) is 14.8. The number of thiophene rings is 1. The van der Waals surface area contributed by atoms with E-state index in [1.165, 1.54) is 11.2 Å². The summed E-state index contributed by atoms with van der Waals surface area (Å²) in [6.07, 6.45) is 5.14. The molecule has 0 aliphatic heterocycles. The van der Waals surface area contributed by atoms with Gasteiger partial charge in [0.15, 0.2) is 5.82 Å². The molecule has 0 saturated carbocycles. The fraction of sp³-hybridized carbons (Fsp3) is 0.227. The number of H-pyrrole nitrogens is 1. The van der Waals surface area contributed by atoms with Crippen LogP contribution in [0, 0.1) is 20.8 Å². The molecule has 10 heteroatoms. The van der Waals surface area contributed by atoms with E-state index in [1.54, 1.807) is 11.3 Å². The highest BCUT2D eigenvalue weighted by molar-refractivity contribution is 7.15. The number of nitrogens with zero attached hydrogens (tertiary/aromatic N) is 5. The van der Waals surface area contributed by atoms with Gasteiger partial charge in [-0.15, -0.1) is 21.5 Å². The molecular weight excluding hydrogens is 426 g/mol. The molecule has 0 aliphatic carbocycles. The van der Waals surface area contributed by atoms with Crippen LogP contribution in [0.15, 0.2) is 41.4 Å². The molecule has 0 radical (unpaired) electrons. The lowest BCUT2D eigenvalue weighted by atomic mass is 10.0. The lowest BCUT2D eigenvalue weighted by molar-refractivity contribution is 0.0938. The van der Waals surface area contributed by atoms with Crippen LogP contribution in [0.3, 0.4) is 0 Å². The first-order chi connectivity index (χ1) is 15.4. The van der Waals surface area contributed by atoms with Crippen molar-refractivity contribution in [2.24, 2.45) is 0 Å². The van der Waals surface area contributed by atoms with E-state index in [4.69, 9.17) is 4.52 Å². The Kier molecular flexibility index (Phi) is 4.86. The van der Waals surface area contributed by atoms with Crippen LogP contribution in [0.5, 0.6) is 0 Å². The molecule has 0 saturated heterocycles. The smallest absolute Gasteiger partial charge is 0.253 e. The third-order valence-corrected chi connectivity index (χ3v) is 6.38. The van der Waals surface area contributed by atoms with Gasteiger partial charge in [0.1, 0.15) is 17.7 Å². The fourth-order valence-corrected chi connectivity index (χ4v) is 4.67. The number of rotatable bonds is 5. The number of amides is 1. The standard InChI is InChI=1S/C22H21N7O2S/c1-11-5-6-18(32-11)17-8-23-21-16(19-12(2)28-31-14(19)4)7-15(9-29(17)21)22(30)26-13(3)20-24-10-25-27-20/h5-10,13H,1-4H3,(H,26,30)(H,24,25,27)/t13-/m0/s1. The SMILES string of the molecule is Cc1ccc(-c2cnc3c(-c4c(C)noc4C)cc(C(=O)N[C@@H](C)c4nnc[nH]4)cn23)s1. The summed E-state index contributed by atoms with van der Waals surface area (Å²) < 4.78 is 7.36. The quantitative estimate of drug-likeness (QED) is 0.416. The van der Waals surface area contributed by atoms with Gasteiger partial charge in [-0.05, 0) is 45.9 Å². The maximum absolute atomic E-state index is 13.2. The van der Waals surface area contributed by atoms with Gasteiger partial charge in [-0.3, -0.25) is 9.20 Å². The van der Waals surface area contributed by atoms with Crippen LogP contribution in [-0.2, 0) is 0 Å². The molecule has 162 valence electrons. The van der Waals surface area contributed by atoms with Crippen LogP contribution in [0.25, 0.3) is 27.3 Å². The van der Waals surface area contributed by atoms with Gasteiger partial charge in [0.25, 0.3) is 5.91 Å². The largest absolute Gasteiger partial charge is 0.361 e. The molecule has 5 rings (SSSR count). The average Bonchev–Trinajstić information content (AvgIpc) is 3.55. The Labute approximate surface area is 187 Å². The van der Waals surface area contributed by atoms with E-state index in [-0.39, 0.29) is 11.9 Å². The first-order valence-corrected chi connectivity index (χ1v) is 10.9. The van der Waals surface area contributed by atoms with Crippen LogP contribution >= 0.6 is 11.3 Å². The number of aromatic amines is 1. The van der Waals surface area contributed by atoms with Crippen molar-refractivity contribution in [2.45, 2.75) is 33.7 Å². The van der Waals surface area contributed by atoms with E-state index in [2.05, 4.69) is 49.7 Å². The summed E-state index contributed by atoms with van der Waals surface area (Å²) in [4.78, 5) is 23.1. The number of pyridine rings is 1. The molecule has 5 aromatic heterocycles. The van der Waals surface area contributed by atoms with Crippen LogP contribution in [0.2, 0.25) is 0 Å². The van der Waals surface area contributed by atoms with Gasteiger partial charge in [-0.1, -0.05) is 5.16 Å². The number of hydrogen-bond acceptors (Lipinski definition) is 7. The zero-order chi connectivity index (χ0) is 22.4. The Balaban J connectivity index is 1.66. The topological polar surface area (TPSA) is 114 Å². The van der Waals surface area contributed by atoms with E-state index in [9.17, 15) is 4.79 Å². The number of imidazole rings is 1. The number of hydrogen-bond donors (Lipinski definition) is 2. The number of carbonyl (C=O) groups excluding carboxylic acids is 1. The van der Waals surface area contributed by atoms with Gasteiger partial charge >= 0.3 is 0 Å². The molecule has 0 unspecified atom stereocenters. The normalized spacial score (nSPS) is 12.4. The summed E-state index contributed by atoms with van der Waals surface area (Å²) >= 11 is 1.68. The third kappa shape index (κ3) is 3.38. The van der Waals surface area contributed by atoms with Gasteiger partial charge in [-0.25, -0.2) is 4.98 Å². The van der Waals surface area contributed by atoms with E-state index in [1.807, 2.05) is 43.6 Å². The molecular formula is C22H21N7O2S. The Bertz CT molecular complexity index is 1410. The molecule has 1 atom stereocenters. The van der Waals surface area contributed by atoms with Gasteiger partial charge in [0.05, 0.1) is 39.6 Å². The van der Waals surface area contributed by atoms with Crippen molar-refractivity contribution in [1.29, 1.82) is 0 Å². The lowest BCUT2D eigenvalue weighted by Crippen LogP contribution is -2.27. The van der Waals surface area contributed by atoms with Crippen molar-refractivity contribution in [1.82, 2.24) is 35.0 Å². The molecule has 0 bridgehead atoms. The van der Waals surface area contributed by atoms with E-state index >= 15 is 0 Å². The first kappa shape index (κ1) is 20.1. The van der Waals surface area contributed by atoms with Crippen molar-refractivity contribution in [3.8, 4) is 21.7 Å². The highest BCUT2D eigenvalue weighted by Crippen LogP contribution is 2.35. The first-order valence-electron chi connectivity index (χ1n) is 10.1. The molecule has 5 aromatic rings. The molecule has 0 spiro atoms. The second-order valence-electron chi connectivity index (χ2n) is 7.66. The highest BCUT2D eigenvalue weighted by atomic mass is 32.1. The summed E-state index contributed by atoms with van der Waals surface area (Å²) in [7, 11) is 0. The second-order valence-corrected chi connectivity index (χ2v) is 8.95. The highest BCUT2D eigenvalue weighted by Gasteiger charge is 2.22. The minimum Gasteiger partial charge on any atom is -0.361 e. The van der Waals surface area contributed by atoms with Crippen LogP contribution in [0.4, 0.5) is 0 Å². The molecule has 2 N–H and O–H groups in total. The number of nitrogens with one attached hydrogen (secondary N) is 2. The monoisotopic (exact) mass is 447 g/mol. The van der Waals surface area contributed by atoms with E-state index in [0.29, 0.717) is 17.1 Å². The Morgan fingerprint density at radius 2 is 2.12 bits per heavy atom. The van der Waals surface area contributed by atoms with E-state index in [0.717, 1.165) is 33.0 Å². The molecule has 1 amide bonds. The Morgan fingerprint density at radius 3 is 2.78 bits per heavy atom. The van der Waals surface area contributed by atoms with Gasteiger partial charge in [0, 0.05) is 16.6 Å². The summed E-state index contributed by atoms with van der Waals surface area (Å²) in [5.74, 6) is 1.03. The van der Waals surface area contributed by atoms with Crippen molar-refractivity contribution in [3.05, 3.63) is 64.6 Å². The predicted molar refractivity (Wildman–Crippen MR) is 120 cm³/mol. The van der Waals surface area contributed by atoms with Crippen LogP contribution < -0.4 is 5.32 Å². The lowest BCUT2D eigenvalue weighted by Gasteiger charge is -2.13. The minimum atomic E-state index is -0.328. The summed E-state index contributed by atoms with van der Waals surface area (Å²) in [6.45, 7) is 7.66. The zero-order valence-corrected chi connectivity index (χ0v) is 18.8. The third-order valence-electron chi connectivity index (χ3n) is 5.36. The molecule has 0 aliphatic rings. The van der Waals surface area contributed by atoms with Crippen molar-refractivity contribution >= 4 is 22.9 Å². The molecule has 5 heterocycles. The number of fused-ring (bicyclic) bond motifs is 1. The second kappa shape index (κ2) is 7.72. The predicted octanol–water partition coefficient (Wildman–Crippen LogP) is 4.25. The summed E-state index contributed by atoms with van der Waals surface area (Å²) in [6, 6.07) is 5.65. The Morgan fingerprint density at radius 1 is 1.28 bits per heavy atom. The number of aromatic nitrogens is 6. The van der Waals surface area contributed by atoms with E-state index < -0.39 is 0 Å². The fourth-order valence-electron chi connectivity index (χ4n) is 3.79. The van der Waals surface area contributed by atoms with Crippen molar-refractivity contribution < 1.29 is 9.32 Å². The van der Waals surface area contributed by atoms with Gasteiger partial charge in [0.2, 0.25) is 0 Å². The molecule has 0 fully saturated rings. The van der Waals surface area contributed by atoms with Crippen molar-refractivity contribution in [2.75, 3.05) is 0 Å².